The number of halogens is 2. The van der Waals surface area contributed by atoms with E-state index in [0.29, 0.717) is 29.8 Å². The fourth-order valence-electron chi connectivity index (χ4n) is 7.60. The molecule has 322 valence electrons. The molecular formula is C41H58Cl2N4O11. The lowest BCUT2D eigenvalue weighted by Gasteiger charge is -2.40. The van der Waals surface area contributed by atoms with Crippen LogP contribution in [-0.4, -0.2) is 128 Å². The van der Waals surface area contributed by atoms with Gasteiger partial charge in [0.2, 0.25) is 0 Å². The van der Waals surface area contributed by atoms with Crippen molar-refractivity contribution in [2.24, 2.45) is 5.73 Å². The van der Waals surface area contributed by atoms with E-state index in [-0.39, 0.29) is 64.3 Å². The molecule has 3 heterocycles. The molecule has 2 aliphatic rings. The molecule has 8 N–H and O–H groups in total. The number of nitrogens with zero attached hydrogens (tertiary/aromatic N) is 3. The maximum Gasteiger partial charge on any atom is 0.271 e. The van der Waals surface area contributed by atoms with E-state index in [9.17, 15) is 30.6 Å². The molecule has 1 aromatic heterocycles. The van der Waals surface area contributed by atoms with E-state index < -0.39 is 61.4 Å². The van der Waals surface area contributed by atoms with Crippen molar-refractivity contribution in [2.75, 3.05) is 39.5 Å². The molecule has 4 aromatic rings. The minimum Gasteiger partial charge on any atom is -1.00 e. The van der Waals surface area contributed by atoms with E-state index in [0.717, 1.165) is 29.9 Å². The number of nitrogens with two attached hydrogens (primary N) is 1. The Kier molecular flexibility index (Phi) is 18.6. The van der Waals surface area contributed by atoms with Gasteiger partial charge < -0.3 is 72.5 Å². The molecule has 2 saturated heterocycles. The van der Waals surface area contributed by atoms with Crippen LogP contribution in [0.1, 0.15) is 49.8 Å². The summed E-state index contributed by atoms with van der Waals surface area (Å²) in [5.41, 5.74) is 9.58. The summed E-state index contributed by atoms with van der Waals surface area (Å²) in [4.78, 5) is 1.69. The maximum atomic E-state index is 11.4. The average Bonchev–Trinajstić information content (AvgIpc) is 3.54. The van der Waals surface area contributed by atoms with Crippen molar-refractivity contribution in [3.8, 4) is 5.75 Å². The number of rotatable bonds is 18. The van der Waals surface area contributed by atoms with Gasteiger partial charge in [-0.2, -0.15) is 0 Å². The van der Waals surface area contributed by atoms with Crippen molar-refractivity contribution in [1.29, 1.82) is 0 Å². The minimum absolute atomic E-state index is 0. The molecule has 10 atom stereocenters. The number of hydrogen-bond acceptors (Lipinski definition) is 13. The Hall–Kier alpha value is -2.97. The molecule has 0 amide bonds. The first kappa shape index (κ1) is 47.7. The van der Waals surface area contributed by atoms with Crippen LogP contribution in [0.3, 0.4) is 0 Å². The third-order valence-corrected chi connectivity index (χ3v) is 10.5. The van der Waals surface area contributed by atoms with Crippen LogP contribution in [0.4, 0.5) is 0 Å². The largest absolute Gasteiger partial charge is 1.00 e. The maximum absolute atomic E-state index is 11.4. The van der Waals surface area contributed by atoms with Gasteiger partial charge in [0.15, 0.2) is 23.6 Å². The van der Waals surface area contributed by atoms with E-state index in [1.807, 2.05) is 54.6 Å². The predicted octanol–water partition coefficient (Wildman–Crippen LogP) is -1.68. The normalized spacial score (nSPS) is 24.4. The molecule has 17 heteroatoms. The number of aryl methyl sites for hydroxylation is 2. The highest BCUT2D eigenvalue weighted by molar-refractivity contribution is 5.85. The number of ether oxygens (including phenoxy) is 5. The van der Waals surface area contributed by atoms with Gasteiger partial charge in [0.1, 0.15) is 42.4 Å². The van der Waals surface area contributed by atoms with Crippen molar-refractivity contribution in [2.45, 2.75) is 101 Å². The monoisotopic (exact) mass is 852 g/mol. The molecule has 0 aliphatic carbocycles. The average molecular weight is 854 g/mol. The smallest absolute Gasteiger partial charge is 0.271 e. The summed E-state index contributed by atoms with van der Waals surface area (Å²) in [5.74, 6) is 1.70. The SMILES string of the molecule is CCn1c(CN)[n+](CC)c2cc(OCCCN(C[C@H](O)[C@@H](O)[C@@H]3OC(c4ccccc4)OC[C@H]3O)C[C@H](O)[C@@H](O)[C@@H]3OC(c4ccccc4)OC[C@H]3O)ccc21.Cl.[Cl-]. The van der Waals surface area contributed by atoms with Crippen molar-refractivity contribution in [3.05, 3.63) is 95.8 Å². The number of imidazole rings is 1. The van der Waals surface area contributed by atoms with Crippen LogP contribution >= 0.6 is 12.4 Å². The second-order valence-corrected chi connectivity index (χ2v) is 14.3. The second kappa shape index (κ2) is 22.6. The summed E-state index contributed by atoms with van der Waals surface area (Å²) in [5, 5.41) is 66.8. The fourth-order valence-corrected chi connectivity index (χ4v) is 7.60. The summed E-state index contributed by atoms with van der Waals surface area (Å²) in [6, 6.07) is 24.1. The number of aliphatic hydroxyl groups is 6. The summed E-state index contributed by atoms with van der Waals surface area (Å²) in [6.45, 7) is 6.12. The molecule has 2 aliphatic heterocycles. The number of benzene rings is 3. The summed E-state index contributed by atoms with van der Waals surface area (Å²) in [7, 11) is 0. The third-order valence-electron chi connectivity index (χ3n) is 10.5. The Balaban J connectivity index is 0.00000372. The van der Waals surface area contributed by atoms with Gasteiger partial charge in [-0.3, -0.25) is 4.90 Å². The van der Waals surface area contributed by atoms with Crippen LogP contribution in [0.25, 0.3) is 11.0 Å². The molecular weight excluding hydrogens is 795 g/mol. The van der Waals surface area contributed by atoms with Crippen molar-refractivity contribution >= 4 is 23.4 Å². The van der Waals surface area contributed by atoms with Gasteiger partial charge in [0, 0.05) is 36.8 Å². The van der Waals surface area contributed by atoms with E-state index in [2.05, 4.69) is 23.0 Å². The molecule has 2 unspecified atom stereocenters. The van der Waals surface area contributed by atoms with Gasteiger partial charge >= 0.3 is 0 Å². The number of aromatic nitrogens is 2. The third kappa shape index (κ3) is 11.2. The van der Waals surface area contributed by atoms with Gasteiger partial charge in [-0.25, -0.2) is 9.13 Å². The Bertz CT molecular complexity index is 1740. The van der Waals surface area contributed by atoms with Crippen LogP contribution < -0.4 is 27.4 Å². The van der Waals surface area contributed by atoms with Crippen molar-refractivity contribution < 1.29 is 71.3 Å². The summed E-state index contributed by atoms with van der Waals surface area (Å²) < 4.78 is 33.7. The molecule has 2 fully saturated rings. The molecule has 0 bridgehead atoms. The number of fused-ring (bicyclic) bond motifs is 1. The highest BCUT2D eigenvalue weighted by Gasteiger charge is 2.42. The Morgan fingerprint density at radius 1 is 0.810 bits per heavy atom. The molecule has 15 nitrogen and oxygen atoms in total. The molecule has 0 radical (unpaired) electrons. The van der Waals surface area contributed by atoms with Gasteiger partial charge in [-0.15, -0.1) is 12.4 Å². The molecule has 0 saturated carbocycles. The Labute approximate surface area is 351 Å². The quantitative estimate of drug-likeness (QED) is 0.0442. The molecule has 3 aromatic carbocycles. The standard InChI is InChI=1S/C41H57N4O11.2ClH/c1-3-44-29-17-16-28(20-30(29)45(4-2)35(44)21-42)52-19-11-18-43(22-31(46)36(50)38-33(48)24-53-40(55-38)26-12-7-5-8-13-26)23-32(47)37(51)39-34(49)25-54-41(56-39)27-14-9-6-10-15-27;;/h5-10,12-17,20,31-34,36-41,46-51H,3-4,11,18-19,21-25,42H2,1-2H3;2*1H/q+1;;/p-1/t31-,32-,33+,34+,36+,37+,38+,39+,40?,41?;;/m0../s1. The van der Waals surface area contributed by atoms with Crippen LogP contribution in [0.5, 0.6) is 5.75 Å². The molecule has 6 rings (SSSR count). The van der Waals surface area contributed by atoms with Crippen LogP contribution in [0, 0.1) is 0 Å². The first-order valence-electron chi connectivity index (χ1n) is 19.5. The minimum atomic E-state index is -1.53. The second-order valence-electron chi connectivity index (χ2n) is 14.3. The lowest BCUT2D eigenvalue weighted by molar-refractivity contribution is -0.676. The Morgan fingerprint density at radius 2 is 1.33 bits per heavy atom. The van der Waals surface area contributed by atoms with Gasteiger partial charge in [0.05, 0.1) is 51.7 Å². The summed E-state index contributed by atoms with van der Waals surface area (Å²) in [6.07, 6.45) is -12.0. The predicted molar refractivity (Wildman–Crippen MR) is 211 cm³/mol. The molecule has 58 heavy (non-hydrogen) atoms. The number of aliphatic hydroxyl groups excluding tert-OH is 6. The van der Waals surface area contributed by atoms with Crippen molar-refractivity contribution in [1.82, 2.24) is 9.47 Å². The fraction of sp³-hybridized carbons (Fsp3) is 0.537. The van der Waals surface area contributed by atoms with Crippen molar-refractivity contribution in [3.63, 3.8) is 0 Å². The summed E-state index contributed by atoms with van der Waals surface area (Å²) >= 11 is 0. The van der Waals surface area contributed by atoms with E-state index in [1.54, 1.807) is 29.2 Å². The van der Waals surface area contributed by atoms with Gasteiger partial charge in [-0.05, 0) is 32.4 Å². The molecule has 0 spiro atoms. The number of hydrogen-bond donors (Lipinski definition) is 7. The van der Waals surface area contributed by atoms with Gasteiger partial charge in [0.25, 0.3) is 5.82 Å². The lowest BCUT2D eigenvalue weighted by atomic mass is 9.99. The first-order valence-corrected chi connectivity index (χ1v) is 19.5. The lowest BCUT2D eigenvalue weighted by Crippen LogP contribution is -3.00. The topological polar surface area (TPSA) is 206 Å². The van der Waals surface area contributed by atoms with Crippen LogP contribution in [0.2, 0.25) is 0 Å². The van der Waals surface area contributed by atoms with E-state index in [4.69, 9.17) is 29.4 Å². The zero-order chi connectivity index (χ0) is 39.8. The van der Waals surface area contributed by atoms with Crippen LogP contribution in [-0.2, 0) is 38.6 Å². The zero-order valence-corrected chi connectivity index (χ0v) is 34.4. The Morgan fingerprint density at radius 3 is 1.79 bits per heavy atom. The highest BCUT2D eigenvalue weighted by Crippen LogP contribution is 2.31. The zero-order valence-electron chi connectivity index (χ0n) is 32.8. The highest BCUT2D eigenvalue weighted by atomic mass is 35.5. The van der Waals surface area contributed by atoms with E-state index >= 15 is 0 Å². The van der Waals surface area contributed by atoms with Crippen LogP contribution in [0.15, 0.2) is 78.9 Å². The first-order chi connectivity index (χ1) is 27.1. The van der Waals surface area contributed by atoms with E-state index in [1.165, 1.54) is 0 Å². The van der Waals surface area contributed by atoms with Gasteiger partial charge in [-0.1, -0.05) is 60.7 Å².